The van der Waals surface area contributed by atoms with Gasteiger partial charge in [0.1, 0.15) is 0 Å². The average molecular weight is 279 g/mol. The maximum Gasteiger partial charge on any atom is 0.233 e. The summed E-state index contributed by atoms with van der Waals surface area (Å²) < 4.78 is 2.22. The molecule has 1 aromatic heterocycles. The second-order valence-corrected chi connectivity index (χ2v) is 5.73. The summed E-state index contributed by atoms with van der Waals surface area (Å²) in [6, 6.07) is 14.7. The molecule has 0 aliphatic carbocycles. The predicted octanol–water partition coefficient (Wildman–Crippen LogP) is 3.26. The molecular formula is C16H9NO2S. The Hall–Kier alpha value is -2.46. The van der Waals surface area contributed by atoms with E-state index in [0.717, 1.165) is 25.8 Å². The Labute approximate surface area is 117 Å². The van der Waals surface area contributed by atoms with Crippen LogP contribution in [0.25, 0.3) is 31.2 Å². The maximum atomic E-state index is 11.9. The van der Waals surface area contributed by atoms with E-state index in [2.05, 4.69) is 11.1 Å². The van der Waals surface area contributed by atoms with Gasteiger partial charge in [0.15, 0.2) is 0 Å². The Morgan fingerprint density at radius 1 is 0.800 bits per heavy atom. The number of benzene rings is 3. The molecule has 0 saturated carbocycles. The third kappa shape index (κ3) is 1.52. The number of aromatic amines is 1. The van der Waals surface area contributed by atoms with Crippen molar-refractivity contribution in [3.8, 4) is 0 Å². The van der Waals surface area contributed by atoms with Gasteiger partial charge in [-0.15, -0.1) is 11.3 Å². The van der Waals surface area contributed by atoms with Gasteiger partial charge in [0.2, 0.25) is 10.9 Å². The Morgan fingerprint density at radius 3 is 2.50 bits per heavy atom. The topological polar surface area (TPSA) is 49.9 Å². The van der Waals surface area contributed by atoms with Crippen molar-refractivity contribution < 1.29 is 0 Å². The summed E-state index contributed by atoms with van der Waals surface area (Å²) in [5.74, 6) is 0. The lowest BCUT2D eigenvalue weighted by molar-refractivity contribution is 1.51. The molecule has 0 aliphatic heterocycles. The minimum absolute atomic E-state index is 0.434. The van der Waals surface area contributed by atoms with Gasteiger partial charge < -0.3 is 4.98 Å². The van der Waals surface area contributed by atoms with Crippen LogP contribution in [-0.4, -0.2) is 4.98 Å². The van der Waals surface area contributed by atoms with Crippen molar-refractivity contribution in [1.29, 1.82) is 0 Å². The Morgan fingerprint density at radius 2 is 1.60 bits per heavy atom. The predicted molar refractivity (Wildman–Crippen MR) is 83.7 cm³/mol. The molecule has 3 nitrogen and oxygen atoms in total. The van der Waals surface area contributed by atoms with Crippen molar-refractivity contribution in [3.63, 3.8) is 0 Å². The monoisotopic (exact) mass is 279 g/mol. The molecule has 4 rings (SSSR count). The average Bonchev–Trinajstić information content (AvgIpc) is 2.48. The first kappa shape index (κ1) is 11.4. The van der Waals surface area contributed by atoms with E-state index in [0.29, 0.717) is 5.39 Å². The van der Waals surface area contributed by atoms with Gasteiger partial charge in [-0.1, -0.05) is 12.1 Å². The lowest BCUT2D eigenvalue weighted by Gasteiger charge is -2.05. The molecule has 20 heavy (non-hydrogen) atoms. The number of hydrogen-bond donors (Lipinski definition) is 1. The quantitative estimate of drug-likeness (QED) is 0.305. The summed E-state index contributed by atoms with van der Waals surface area (Å²) in [5.41, 5.74) is 1.04. The maximum absolute atomic E-state index is 11.9. The molecule has 0 amide bonds. The van der Waals surface area contributed by atoms with Gasteiger partial charge in [-0.2, -0.15) is 0 Å². The summed E-state index contributed by atoms with van der Waals surface area (Å²) >= 11 is 1.66. The van der Waals surface area contributed by atoms with E-state index in [9.17, 15) is 9.59 Å². The first-order valence-corrected chi connectivity index (χ1v) is 7.03. The van der Waals surface area contributed by atoms with Crippen molar-refractivity contribution in [2.75, 3.05) is 0 Å². The van der Waals surface area contributed by atoms with Crippen LogP contribution in [0.15, 0.2) is 58.1 Å². The van der Waals surface area contributed by atoms with E-state index in [1.807, 2.05) is 24.3 Å². The van der Waals surface area contributed by atoms with E-state index in [-0.39, 0.29) is 0 Å². The van der Waals surface area contributed by atoms with Crippen molar-refractivity contribution >= 4 is 42.5 Å². The second kappa shape index (κ2) is 4.02. The summed E-state index contributed by atoms with van der Waals surface area (Å²) in [6.07, 6.45) is 0. The number of hydrogen-bond acceptors (Lipinski definition) is 3. The highest BCUT2D eigenvalue weighted by atomic mass is 32.1. The molecule has 0 fully saturated rings. The van der Waals surface area contributed by atoms with Crippen molar-refractivity contribution in [2.24, 2.45) is 0 Å². The molecule has 96 valence electrons. The lowest BCUT2D eigenvalue weighted by atomic mass is 10.1. The molecule has 3 aromatic carbocycles. The van der Waals surface area contributed by atoms with E-state index >= 15 is 0 Å². The Bertz CT molecular complexity index is 1090. The summed E-state index contributed by atoms with van der Waals surface area (Å²) in [5, 5.41) is 1.28. The van der Waals surface area contributed by atoms with Crippen LogP contribution in [0.3, 0.4) is 0 Å². The molecule has 0 spiro atoms. The van der Waals surface area contributed by atoms with Crippen LogP contribution >= 0.6 is 11.3 Å². The fraction of sp³-hybridized carbons (Fsp3) is 0. The van der Waals surface area contributed by atoms with Crippen LogP contribution in [0.2, 0.25) is 0 Å². The SMILES string of the molecule is O=c1ccc2c(ccc3sc4ccccc4[nH]c32)c1=O. The Kier molecular flexibility index (Phi) is 2.28. The molecule has 4 aromatic rings. The smallest absolute Gasteiger partial charge is 0.233 e. The second-order valence-electron chi connectivity index (χ2n) is 4.65. The third-order valence-corrected chi connectivity index (χ3v) is 4.58. The number of aromatic nitrogens is 1. The standard InChI is InChI=1S/C16H9NO2S/c18-12-7-5-9-10(16(12)19)6-8-14-15(9)17-11-3-1-2-4-13(11)20-14/h1-8,17H. The van der Waals surface area contributed by atoms with Crippen LogP contribution in [-0.2, 0) is 0 Å². The highest BCUT2D eigenvalue weighted by Crippen LogP contribution is 2.29. The first-order valence-electron chi connectivity index (χ1n) is 6.22. The molecule has 0 aliphatic rings. The summed E-state index contributed by atoms with van der Waals surface area (Å²) in [4.78, 5) is 26.7. The fourth-order valence-corrected chi connectivity index (χ4v) is 3.48. The molecule has 0 saturated heterocycles. The minimum atomic E-state index is -0.457. The zero-order valence-corrected chi connectivity index (χ0v) is 11.2. The zero-order chi connectivity index (χ0) is 13.7. The van der Waals surface area contributed by atoms with Gasteiger partial charge in [-0.05, 0) is 36.4 Å². The number of fused-ring (bicyclic) bond motifs is 4. The largest absolute Gasteiger partial charge is 0.353 e. The van der Waals surface area contributed by atoms with Gasteiger partial charge in [0, 0.05) is 10.8 Å². The van der Waals surface area contributed by atoms with Crippen LogP contribution in [0, 0.1) is 0 Å². The van der Waals surface area contributed by atoms with Crippen molar-refractivity contribution in [2.45, 2.75) is 0 Å². The van der Waals surface area contributed by atoms with E-state index in [1.54, 1.807) is 23.5 Å². The van der Waals surface area contributed by atoms with Crippen molar-refractivity contribution in [3.05, 3.63) is 69.0 Å². The molecule has 4 heteroatoms. The van der Waals surface area contributed by atoms with Gasteiger partial charge in [0.05, 0.1) is 20.4 Å². The number of para-hydroxylation sites is 1. The molecule has 1 N–H and O–H groups in total. The third-order valence-electron chi connectivity index (χ3n) is 3.44. The fourth-order valence-electron chi connectivity index (χ4n) is 2.46. The molecule has 0 radical (unpaired) electrons. The van der Waals surface area contributed by atoms with Gasteiger partial charge in [0.25, 0.3) is 0 Å². The number of nitrogens with one attached hydrogen (secondary N) is 1. The highest BCUT2D eigenvalue weighted by Gasteiger charge is 2.07. The van der Waals surface area contributed by atoms with Crippen LogP contribution in [0.4, 0.5) is 0 Å². The molecule has 1 heterocycles. The van der Waals surface area contributed by atoms with Crippen molar-refractivity contribution in [1.82, 2.24) is 4.98 Å². The highest BCUT2D eigenvalue weighted by molar-refractivity contribution is 7.24. The van der Waals surface area contributed by atoms with Gasteiger partial charge >= 0.3 is 0 Å². The van der Waals surface area contributed by atoms with Crippen LogP contribution < -0.4 is 10.9 Å². The van der Waals surface area contributed by atoms with Crippen LogP contribution in [0.1, 0.15) is 0 Å². The lowest BCUT2D eigenvalue weighted by Crippen LogP contribution is -2.22. The van der Waals surface area contributed by atoms with Crippen LogP contribution in [0.5, 0.6) is 0 Å². The number of rotatable bonds is 0. The van der Waals surface area contributed by atoms with Gasteiger partial charge in [-0.3, -0.25) is 9.59 Å². The van der Waals surface area contributed by atoms with E-state index in [1.165, 1.54) is 6.07 Å². The molecule has 0 atom stereocenters. The summed E-state index contributed by atoms with van der Waals surface area (Å²) in [6.45, 7) is 0. The molecule has 0 bridgehead atoms. The van der Waals surface area contributed by atoms with E-state index in [4.69, 9.17) is 0 Å². The minimum Gasteiger partial charge on any atom is -0.353 e. The zero-order valence-electron chi connectivity index (χ0n) is 10.3. The van der Waals surface area contributed by atoms with Gasteiger partial charge in [-0.25, -0.2) is 0 Å². The summed E-state index contributed by atoms with van der Waals surface area (Å²) in [7, 11) is 0. The molecule has 0 unspecified atom stereocenters. The first-order chi connectivity index (χ1) is 9.74. The van der Waals surface area contributed by atoms with E-state index < -0.39 is 10.9 Å². The normalized spacial score (nSPS) is 11.4. The number of H-pyrrole nitrogens is 1. The molecular weight excluding hydrogens is 270 g/mol. The Balaban J connectivity index is 2.30.